The van der Waals surface area contributed by atoms with Crippen molar-refractivity contribution in [1.29, 1.82) is 0 Å². The van der Waals surface area contributed by atoms with Gasteiger partial charge in [-0.15, -0.1) is 0 Å². The number of carboxylic acid groups (broad SMARTS) is 2. The molecule has 0 amide bonds. The Morgan fingerprint density at radius 2 is 0.794 bits per heavy atom. The average molecular weight is 456 g/mol. The monoisotopic (exact) mass is 456 g/mol. The molecule has 5 aromatic carbocycles. The summed E-state index contributed by atoms with van der Waals surface area (Å²) in [5.41, 5.74) is 0.0881. The van der Waals surface area contributed by atoms with Crippen LogP contribution in [0.5, 0.6) is 0 Å². The van der Waals surface area contributed by atoms with Crippen LogP contribution in [0.3, 0.4) is 0 Å². The summed E-state index contributed by atoms with van der Waals surface area (Å²) in [5.74, 6) is -3.76. The van der Waals surface area contributed by atoms with E-state index in [-0.39, 0.29) is 33.0 Å². The second-order valence-corrected chi connectivity index (χ2v) is 7.74. The first-order valence-electron chi connectivity index (χ1n) is 10.1. The first kappa shape index (κ1) is 21.1. The molecule has 0 heterocycles. The molecule has 0 unspecified atom stereocenters. The van der Waals surface area contributed by atoms with Gasteiger partial charge in [-0.2, -0.15) is 0 Å². The molecule has 0 radical (unpaired) electrons. The molecule has 0 bridgehead atoms. The second kappa shape index (κ2) is 7.41. The summed E-state index contributed by atoms with van der Waals surface area (Å²) in [7, 11) is 2.44. The normalized spacial score (nSPS) is 11.4. The Hall–Kier alpha value is -4.72. The van der Waals surface area contributed by atoms with Crippen molar-refractivity contribution in [3.05, 3.63) is 70.8 Å². The van der Waals surface area contributed by atoms with Crippen LogP contribution in [0, 0.1) is 0 Å². The van der Waals surface area contributed by atoms with Crippen LogP contribution in [0.2, 0.25) is 0 Å². The maximum Gasteiger partial charge on any atom is 0.338 e. The molecule has 0 saturated carbocycles. The van der Waals surface area contributed by atoms with Crippen molar-refractivity contribution in [2.45, 2.75) is 0 Å². The summed E-state index contributed by atoms with van der Waals surface area (Å²) < 4.78 is 9.77. The van der Waals surface area contributed by atoms with Crippen LogP contribution in [-0.2, 0) is 9.47 Å². The van der Waals surface area contributed by atoms with E-state index in [0.717, 1.165) is 0 Å². The number of carbonyl (C=O) groups is 4. The van der Waals surface area contributed by atoms with Gasteiger partial charge in [0.1, 0.15) is 0 Å². The Morgan fingerprint density at radius 1 is 0.500 bits per heavy atom. The summed E-state index contributed by atoms with van der Waals surface area (Å²) in [6.07, 6.45) is 0. The highest BCUT2D eigenvalue weighted by Gasteiger charge is 2.25. The van der Waals surface area contributed by atoms with E-state index in [9.17, 15) is 29.4 Å². The molecule has 0 aliphatic rings. The third-order valence-electron chi connectivity index (χ3n) is 6.17. The molecule has 0 aromatic heterocycles. The number of hydrogen-bond acceptors (Lipinski definition) is 6. The first-order valence-corrected chi connectivity index (χ1v) is 10.1. The number of aromatic carboxylic acids is 2. The highest BCUT2D eigenvalue weighted by molar-refractivity contribution is 6.38. The number of ether oxygens (including phenoxy) is 2. The highest BCUT2D eigenvalue weighted by Crippen LogP contribution is 2.44. The molecule has 5 rings (SSSR count). The molecule has 0 aliphatic heterocycles. The number of hydrogen-bond donors (Lipinski definition) is 2. The lowest BCUT2D eigenvalue weighted by Gasteiger charge is -2.19. The number of benzene rings is 5. The maximum atomic E-state index is 12.5. The number of rotatable bonds is 4. The third kappa shape index (κ3) is 2.72. The topological polar surface area (TPSA) is 127 Å². The lowest BCUT2D eigenvalue weighted by Crippen LogP contribution is -2.08. The van der Waals surface area contributed by atoms with Gasteiger partial charge in [0.15, 0.2) is 0 Å². The Kier molecular flexibility index (Phi) is 4.61. The Morgan fingerprint density at radius 3 is 1.06 bits per heavy atom. The van der Waals surface area contributed by atoms with Crippen LogP contribution < -0.4 is 0 Å². The number of fused-ring (bicyclic) bond motifs is 2. The zero-order valence-electron chi connectivity index (χ0n) is 18.0. The molecular weight excluding hydrogens is 440 g/mol. The predicted octanol–water partition coefficient (Wildman–Crippen LogP) is 4.71. The average Bonchev–Trinajstić information content (AvgIpc) is 2.84. The van der Waals surface area contributed by atoms with E-state index in [1.165, 1.54) is 38.5 Å². The molecule has 0 atom stereocenters. The standard InChI is InChI=1S/C26H16O8/c1-33-25(31)17-9-5-13-12-4-8-16(24(29)30)22-18(26(32)34-2)10-6-14(20(12)22)11-3-7-15(23(27)28)21(17)19(11)13/h3-10H,1-2H3,(H,27,28)(H,29,30). The smallest absolute Gasteiger partial charge is 0.338 e. The van der Waals surface area contributed by atoms with Gasteiger partial charge in [0, 0.05) is 10.8 Å². The summed E-state index contributed by atoms with van der Waals surface area (Å²) in [4.78, 5) is 49.1. The molecule has 2 N–H and O–H groups in total. The summed E-state index contributed by atoms with van der Waals surface area (Å²) in [6, 6.07) is 12.4. The molecule has 168 valence electrons. The molecule has 8 nitrogen and oxygen atoms in total. The van der Waals surface area contributed by atoms with Crippen molar-refractivity contribution in [1.82, 2.24) is 0 Å². The van der Waals surface area contributed by atoms with Crippen molar-refractivity contribution < 1.29 is 38.9 Å². The van der Waals surface area contributed by atoms with Gasteiger partial charge in [0.05, 0.1) is 36.5 Å². The van der Waals surface area contributed by atoms with Gasteiger partial charge in [-0.05, 0) is 56.6 Å². The Balaban J connectivity index is 2.12. The molecule has 5 aromatic rings. The highest BCUT2D eigenvalue weighted by atomic mass is 16.5. The number of carbonyl (C=O) groups excluding carboxylic acids is 2. The number of esters is 2. The van der Waals surface area contributed by atoms with Gasteiger partial charge in [-0.3, -0.25) is 0 Å². The van der Waals surface area contributed by atoms with Crippen LogP contribution in [-0.4, -0.2) is 48.3 Å². The first-order chi connectivity index (χ1) is 16.3. The van der Waals surface area contributed by atoms with Crippen LogP contribution in [0.4, 0.5) is 0 Å². The van der Waals surface area contributed by atoms with E-state index in [0.29, 0.717) is 32.3 Å². The molecule has 0 fully saturated rings. The number of methoxy groups -OCH3 is 2. The van der Waals surface area contributed by atoms with E-state index in [4.69, 9.17) is 9.47 Å². The molecule has 34 heavy (non-hydrogen) atoms. The molecule has 0 spiro atoms. The Labute approximate surface area is 191 Å². The molecular formula is C26H16O8. The van der Waals surface area contributed by atoms with Crippen LogP contribution >= 0.6 is 0 Å². The fraction of sp³-hybridized carbons (Fsp3) is 0.0769. The van der Waals surface area contributed by atoms with E-state index in [1.54, 1.807) is 24.3 Å². The maximum absolute atomic E-state index is 12.5. The minimum Gasteiger partial charge on any atom is -0.478 e. The van der Waals surface area contributed by atoms with Crippen molar-refractivity contribution in [2.24, 2.45) is 0 Å². The fourth-order valence-corrected chi connectivity index (χ4v) is 4.81. The quantitative estimate of drug-likeness (QED) is 0.226. The van der Waals surface area contributed by atoms with Crippen molar-refractivity contribution in [3.8, 4) is 0 Å². The van der Waals surface area contributed by atoms with Gasteiger partial charge in [0.25, 0.3) is 0 Å². The second-order valence-electron chi connectivity index (χ2n) is 7.74. The zero-order valence-corrected chi connectivity index (χ0v) is 18.0. The van der Waals surface area contributed by atoms with Crippen molar-refractivity contribution in [3.63, 3.8) is 0 Å². The summed E-state index contributed by atoms with van der Waals surface area (Å²) in [6.45, 7) is 0. The minimum absolute atomic E-state index is 0.0611. The van der Waals surface area contributed by atoms with Gasteiger partial charge in [-0.25, -0.2) is 19.2 Å². The van der Waals surface area contributed by atoms with Crippen molar-refractivity contribution >= 4 is 67.0 Å². The predicted molar refractivity (Wildman–Crippen MR) is 124 cm³/mol. The van der Waals surface area contributed by atoms with Crippen LogP contribution in [0.15, 0.2) is 48.5 Å². The fourth-order valence-electron chi connectivity index (χ4n) is 4.81. The summed E-state index contributed by atoms with van der Waals surface area (Å²) in [5, 5.41) is 23.6. The van der Waals surface area contributed by atoms with Crippen LogP contribution in [0.25, 0.3) is 43.1 Å². The minimum atomic E-state index is -1.20. The largest absolute Gasteiger partial charge is 0.478 e. The van der Waals surface area contributed by atoms with Gasteiger partial charge in [0.2, 0.25) is 0 Å². The van der Waals surface area contributed by atoms with E-state index in [1.807, 2.05) is 0 Å². The van der Waals surface area contributed by atoms with Crippen LogP contribution in [0.1, 0.15) is 41.4 Å². The lowest BCUT2D eigenvalue weighted by atomic mass is 9.84. The SMILES string of the molecule is COC(=O)c1ccc2c3ccc(C(=O)O)c4c(C(=O)OC)ccc(c5ccc(C(=O)O)c1c52)c43. The lowest BCUT2D eigenvalue weighted by molar-refractivity contribution is 0.0593. The number of carboxylic acids is 2. The Bertz CT molecular complexity index is 1570. The summed E-state index contributed by atoms with van der Waals surface area (Å²) >= 11 is 0. The molecule has 8 heteroatoms. The van der Waals surface area contributed by atoms with Gasteiger partial charge in [-0.1, -0.05) is 24.3 Å². The van der Waals surface area contributed by atoms with Gasteiger partial charge >= 0.3 is 23.9 Å². The molecule has 0 aliphatic carbocycles. The van der Waals surface area contributed by atoms with Gasteiger partial charge < -0.3 is 19.7 Å². The zero-order chi connectivity index (χ0) is 24.3. The van der Waals surface area contributed by atoms with E-state index >= 15 is 0 Å². The van der Waals surface area contributed by atoms with E-state index < -0.39 is 23.9 Å². The molecule has 0 saturated heterocycles. The van der Waals surface area contributed by atoms with E-state index in [2.05, 4.69) is 0 Å². The van der Waals surface area contributed by atoms with Crippen molar-refractivity contribution in [2.75, 3.05) is 14.2 Å². The third-order valence-corrected chi connectivity index (χ3v) is 6.17.